The van der Waals surface area contributed by atoms with Gasteiger partial charge in [-0.15, -0.1) is 0 Å². The number of hydrogen-bond donors (Lipinski definition) is 0. The van der Waals surface area contributed by atoms with Crippen LogP contribution >= 0.6 is 11.6 Å². The Labute approximate surface area is 108 Å². The Morgan fingerprint density at radius 3 is 2.56 bits per heavy atom. The molecular formula is C11H10ClNO5. The molecule has 0 heterocycles. The number of nitro benzene ring substituents is 1. The molecule has 7 heteroatoms. The summed E-state index contributed by atoms with van der Waals surface area (Å²) in [4.78, 5) is 21.3. The van der Waals surface area contributed by atoms with Gasteiger partial charge in [0, 0.05) is 6.07 Å². The third-order valence-electron chi connectivity index (χ3n) is 2.07. The lowest BCUT2D eigenvalue weighted by Crippen LogP contribution is -2.06. The van der Waals surface area contributed by atoms with E-state index in [9.17, 15) is 14.9 Å². The fraction of sp³-hybridized carbons (Fsp3) is 0.182. The zero-order valence-corrected chi connectivity index (χ0v) is 10.4. The van der Waals surface area contributed by atoms with Crippen LogP contribution in [-0.4, -0.2) is 25.1 Å². The van der Waals surface area contributed by atoms with Crippen molar-refractivity contribution in [2.45, 2.75) is 0 Å². The van der Waals surface area contributed by atoms with Crippen molar-refractivity contribution in [1.29, 1.82) is 0 Å². The summed E-state index contributed by atoms with van der Waals surface area (Å²) >= 11 is 5.67. The summed E-state index contributed by atoms with van der Waals surface area (Å²) in [5.74, 6) is -0.732. The second kappa shape index (κ2) is 6.02. The molecule has 18 heavy (non-hydrogen) atoms. The summed E-state index contributed by atoms with van der Waals surface area (Å²) in [6, 6.07) is 4.14. The van der Waals surface area contributed by atoms with E-state index in [0.29, 0.717) is 5.56 Å². The molecule has 0 aliphatic heterocycles. The predicted molar refractivity (Wildman–Crippen MR) is 65.1 cm³/mol. The van der Waals surface area contributed by atoms with Crippen molar-refractivity contribution >= 4 is 29.3 Å². The topological polar surface area (TPSA) is 78.7 Å². The van der Waals surface area contributed by atoms with Crippen molar-refractivity contribution < 1.29 is 19.2 Å². The lowest BCUT2D eigenvalue weighted by atomic mass is 10.2. The van der Waals surface area contributed by atoms with Gasteiger partial charge >= 0.3 is 5.97 Å². The van der Waals surface area contributed by atoms with Crippen LogP contribution in [0.3, 0.4) is 0 Å². The first-order valence-corrected chi connectivity index (χ1v) is 5.15. The van der Waals surface area contributed by atoms with E-state index < -0.39 is 10.9 Å². The number of rotatable bonds is 4. The van der Waals surface area contributed by atoms with E-state index in [0.717, 1.165) is 0 Å². The number of carbonyl (C=O) groups excluding carboxylic acids is 1. The summed E-state index contributed by atoms with van der Waals surface area (Å²) in [5, 5.41) is 10.7. The fourth-order valence-corrected chi connectivity index (χ4v) is 1.40. The van der Waals surface area contributed by atoms with E-state index in [-0.39, 0.29) is 16.5 Å². The van der Waals surface area contributed by atoms with Crippen molar-refractivity contribution in [2.24, 2.45) is 0 Å². The van der Waals surface area contributed by atoms with E-state index in [2.05, 4.69) is 4.74 Å². The smallest absolute Gasteiger partial charge is 0.373 e. The van der Waals surface area contributed by atoms with E-state index in [1.54, 1.807) is 0 Å². The summed E-state index contributed by atoms with van der Waals surface area (Å²) in [5.41, 5.74) is 0.166. The van der Waals surface area contributed by atoms with Crippen LogP contribution in [0, 0.1) is 10.1 Å². The molecule has 0 fully saturated rings. The molecule has 96 valence electrons. The number of hydrogen-bond acceptors (Lipinski definition) is 5. The highest BCUT2D eigenvalue weighted by atomic mass is 35.5. The lowest BCUT2D eigenvalue weighted by Gasteiger charge is -2.03. The summed E-state index contributed by atoms with van der Waals surface area (Å²) in [6.45, 7) is 0. The number of halogens is 1. The molecule has 1 rings (SSSR count). The normalized spacial score (nSPS) is 10.9. The Morgan fingerprint density at radius 1 is 1.39 bits per heavy atom. The Balaban J connectivity index is 3.18. The Hall–Kier alpha value is -2.08. The number of esters is 1. The van der Waals surface area contributed by atoms with E-state index in [1.165, 1.54) is 38.5 Å². The van der Waals surface area contributed by atoms with Crippen LogP contribution < -0.4 is 0 Å². The molecular weight excluding hydrogens is 262 g/mol. The van der Waals surface area contributed by atoms with Crippen LogP contribution in [0.25, 0.3) is 6.08 Å². The molecule has 0 aliphatic carbocycles. The average molecular weight is 272 g/mol. The number of nitrogens with zero attached hydrogens (tertiary/aromatic N) is 1. The van der Waals surface area contributed by atoms with Gasteiger partial charge in [0.2, 0.25) is 5.76 Å². The standard InChI is InChI=1S/C11H10ClNO5/c1-17-10(11(14)18-2)6-7-3-4-8(12)9(5-7)13(15)16/h3-6H,1-2H3/b10-6-. The van der Waals surface area contributed by atoms with Crippen molar-refractivity contribution in [3.05, 3.63) is 44.7 Å². The summed E-state index contributed by atoms with van der Waals surface area (Å²) < 4.78 is 9.31. The number of nitro groups is 1. The minimum Gasteiger partial charge on any atom is -0.490 e. The second-order valence-corrected chi connectivity index (χ2v) is 3.58. The summed E-state index contributed by atoms with van der Waals surface area (Å²) in [7, 11) is 2.51. The molecule has 0 unspecified atom stereocenters. The number of methoxy groups -OCH3 is 2. The van der Waals surface area contributed by atoms with E-state index in [1.807, 2.05) is 0 Å². The molecule has 0 saturated carbocycles. The van der Waals surface area contributed by atoms with Crippen molar-refractivity contribution in [1.82, 2.24) is 0 Å². The van der Waals surface area contributed by atoms with E-state index in [4.69, 9.17) is 16.3 Å². The molecule has 0 spiro atoms. The molecule has 0 saturated heterocycles. The molecule has 6 nitrogen and oxygen atoms in total. The zero-order valence-electron chi connectivity index (χ0n) is 9.68. The van der Waals surface area contributed by atoms with Gasteiger partial charge < -0.3 is 9.47 Å². The average Bonchev–Trinajstić information content (AvgIpc) is 2.36. The second-order valence-electron chi connectivity index (χ2n) is 3.17. The van der Waals surface area contributed by atoms with Gasteiger partial charge in [0.25, 0.3) is 5.69 Å². The lowest BCUT2D eigenvalue weighted by molar-refractivity contribution is -0.384. The molecule has 0 aromatic heterocycles. The third kappa shape index (κ3) is 3.21. The molecule has 0 N–H and O–H groups in total. The SMILES string of the molecule is COC(=O)/C(=C/c1ccc(Cl)c([N+](=O)[O-])c1)OC. The highest BCUT2D eigenvalue weighted by Crippen LogP contribution is 2.26. The minimum atomic E-state index is -0.671. The molecule has 0 atom stereocenters. The Bertz CT molecular complexity index is 512. The van der Waals surface area contributed by atoms with Crippen molar-refractivity contribution in [3.63, 3.8) is 0 Å². The first kappa shape index (κ1) is 14.0. The van der Waals surface area contributed by atoms with Crippen LogP contribution in [0.2, 0.25) is 5.02 Å². The largest absolute Gasteiger partial charge is 0.490 e. The highest BCUT2D eigenvalue weighted by molar-refractivity contribution is 6.32. The van der Waals surface area contributed by atoms with Gasteiger partial charge in [0.1, 0.15) is 5.02 Å². The van der Waals surface area contributed by atoms with Gasteiger partial charge in [-0.25, -0.2) is 4.79 Å². The first-order chi connectivity index (χ1) is 8.49. The molecule has 1 aromatic rings. The van der Waals surface area contributed by atoms with Crippen LogP contribution in [0.4, 0.5) is 5.69 Å². The van der Waals surface area contributed by atoms with E-state index >= 15 is 0 Å². The predicted octanol–water partition coefficient (Wildman–Crippen LogP) is 2.41. The van der Waals surface area contributed by atoms with Crippen LogP contribution in [0.1, 0.15) is 5.56 Å². The minimum absolute atomic E-state index is 0.0224. The van der Waals surface area contributed by atoms with Gasteiger partial charge in [-0.2, -0.15) is 0 Å². The molecule has 0 radical (unpaired) electrons. The number of carbonyl (C=O) groups is 1. The quantitative estimate of drug-likeness (QED) is 0.276. The number of ether oxygens (including phenoxy) is 2. The maximum absolute atomic E-state index is 11.3. The molecule has 1 aromatic carbocycles. The van der Waals surface area contributed by atoms with Crippen molar-refractivity contribution in [3.8, 4) is 0 Å². The van der Waals surface area contributed by atoms with Crippen LogP contribution in [0.5, 0.6) is 0 Å². The highest BCUT2D eigenvalue weighted by Gasteiger charge is 2.14. The zero-order chi connectivity index (χ0) is 13.7. The van der Waals surface area contributed by atoms with Crippen LogP contribution in [-0.2, 0) is 14.3 Å². The molecule has 0 amide bonds. The van der Waals surface area contributed by atoms with Crippen molar-refractivity contribution in [2.75, 3.05) is 14.2 Å². The first-order valence-electron chi connectivity index (χ1n) is 4.77. The fourth-order valence-electron chi connectivity index (χ4n) is 1.21. The third-order valence-corrected chi connectivity index (χ3v) is 2.39. The Kier molecular flexibility index (Phi) is 4.67. The van der Waals surface area contributed by atoms with Gasteiger partial charge in [-0.1, -0.05) is 17.7 Å². The van der Waals surface area contributed by atoms with Gasteiger partial charge in [-0.05, 0) is 17.7 Å². The van der Waals surface area contributed by atoms with Crippen LogP contribution in [0.15, 0.2) is 24.0 Å². The Morgan fingerprint density at radius 2 is 2.06 bits per heavy atom. The van der Waals surface area contributed by atoms with Gasteiger partial charge in [-0.3, -0.25) is 10.1 Å². The molecule has 0 bridgehead atoms. The monoisotopic (exact) mass is 271 g/mol. The van der Waals surface area contributed by atoms with Gasteiger partial charge in [0.15, 0.2) is 0 Å². The maximum Gasteiger partial charge on any atom is 0.373 e. The number of benzene rings is 1. The molecule has 0 aliphatic rings. The van der Waals surface area contributed by atoms with Gasteiger partial charge in [0.05, 0.1) is 19.1 Å². The maximum atomic E-state index is 11.3. The summed E-state index contributed by atoms with van der Waals surface area (Å²) in [6.07, 6.45) is 1.33.